The fourth-order valence-electron chi connectivity index (χ4n) is 1.37. The lowest BCUT2D eigenvalue weighted by Crippen LogP contribution is -2.14. The maximum Gasteiger partial charge on any atom is 0.173 e. The van der Waals surface area contributed by atoms with Gasteiger partial charge in [0.25, 0.3) is 0 Å². The highest BCUT2D eigenvalue weighted by Crippen LogP contribution is 2.30. The van der Waals surface area contributed by atoms with Gasteiger partial charge >= 0.3 is 0 Å². The lowest BCUT2D eigenvalue weighted by molar-refractivity contribution is 0.624. The molecule has 90 valence electrons. The summed E-state index contributed by atoms with van der Waals surface area (Å²) in [6, 6.07) is 2.11. The van der Waals surface area contributed by atoms with Crippen molar-refractivity contribution < 1.29 is 4.39 Å². The van der Waals surface area contributed by atoms with Crippen molar-refractivity contribution in [2.45, 2.75) is 13.0 Å². The van der Waals surface area contributed by atoms with Gasteiger partial charge in [-0.15, -0.1) is 5.10 Å². The van der Waals surface area contributed by atoms with Crippen molar-refractivity contribution in [3.8, 4) is 5.69 Å². The van der Waals surface area contributed by atoms with E-state index in [0.29, 0.717) is 16.0 Å². The molecule has 0 aliphatic rings. The predicted octanol–water partition coefficient (Wildman–Crippen LogP) is 2.24. The van der Waals surface area contributed by atoms with Crippen LogP contribution in [0.1, 0.15) is 18.8 Å². The molecule has 1 heterocycles. The second kappa shape index (κ2) is 4.67. The van der Waals surface area contributed by atoms with Crippen LogP contribution in [0.25, 0.3) is 5.69 Å². The number of halogens is 3. The van der Waals surface area contributed by atoms with E-state index in [1.807, 2.05) is 0 Å². The lowest BCUT2D eigenvalue weighted by atomic mass is 10.3. The van der Waals surface area contributed by atoms with Crippen LogP contribution in [-0.2, 0) is 0 Å². The van der Waals surface area contributed by atoms with Crippen LogP contribution in [0.2, 0.25) is 5.02 Å². The summed E-state index contributed by atoms with van der Waals surface area (Å²) in [5, 5.41) is 11.3. The van der Waals surface area contributed by atoms with Crippen LogP contribution in [0.5, 0.6) is 0 Å². The molecule has 0 saturated heterocycles. The zero-order chi connectivity index (χ0) is 12.6. The summed E-state index contributed by atoms with van der Waals surface area (Å²) in [5.74, 6) is 0.000236. The van der Waals surface area contributed by atoms with Crippen molar-refractivity contribution in [3.63, 3.8) is 0 Å². The molecule has 2 N–H and O–H groups in total. The summed E-state index contributed by atoms with van der Waals surface area (Å²) < 4.78 is 14.9. The van der Waals surface area contributed by atoms with Crippen molar-refractivity contribution >= 4 is 27.5 Å². The molecule has 1 aromatic carbocycles. The van der Waals surface area contributed by atoms with Crippen LogP contribution in [0.3, 0.4) is 0 Å². The van der Waals surface area contributed by atoms with Gasteiger partial charge in [0.1, 0.15) is 11.5 Å². The highest BCUT2D eigenvalue weighted by Gasteiger charge is 2.17. The largest absolute Gasteiger partial charge is 0.321 e. The van der Waals surface area contributed by atoms with Crippen LogP contribution in [0.4, 0.5) is 4.39 Å². The second-order valence-corrected chi connectivity index (χ2v) is 4.72. The van der Waals surface area contributed by atoms with Gasteiger partial charge in [0.2, 0.25) is 0 Å². The Balaban J connectivity index is 2.64. The van der Waals surface area contributed by atoms with Crippen molar-refractivity contribution in [3.05, 3.63) is 33.3 Å². The highest BCUT2D eigenvalue weighted by atomic mass is 79.9. The number of nitrogens with zero attached hydrogens (tertiary/aromatic N) is 4. The molecule has 0 radical (unpaired) electrons. The maximum absolute atomic E-state index is 13.1. The Morgan fingerprint density at radius 2 is 2.24 bits per heavy atom. The number of nitrogens with two attached hydrogens (primary N) is 1. The van der Waals surface area contributed by atoms with Crippen molar-refractivity contribution in [1.82, 2.24) is 20.2 Å². The van der Waals surface area contributed by atoms with Gasteiger partial charge < -0.3 is 5.73 Å². The predicted molar refractivity (Wildman–Crippen MR) is 64.4 cm³/mol. The number of aromatic nitrogens is 4. The SMILES string of the molecule is CC(N)c1nnnn1-c1c(Cl)cc(F)cc1Br. The first-order valence-electron chi connectivity index (χ1n) is 4.69. The van der Waals surface area contributed by atoms with E-state index in [1.165, 1.54) is 16.8 Å². The molecule has 17 heavy (non-hydrogen) atoms. The first kappa shape index (κ1) is 12.4. The van der Waals surface area contributed by atoms with E-state index in [0.717, 1.165) is 0 Å². The van der Waals surface area contributed by atoms with E-state index < -0.39 is 5.82 Å². The Hall–Kier alpha value is -1.05. The summed E-state index contributed by atoms with van der Waals surface area (Å²) >= 11 is 9.20. The standard InChI is InChI=1S/C9H8BrClFN5/c1-4(13)9-14-15-16-17(9)8-6(10)2-5(12)3-7(8)11/h2-4H,13H2,1H3. The number of tetrazole rings is 1. The van der Waals surface area contributed by atoms with Gasteiger partial charge in [-0.3, -0.25) is 0 Å². The maximum atomic E-state index is 13.1. The monoisotopic (exact) mass is 319 g/mol. The Morgan fingerprint density at radius 1 is 1.53 bits per heavy atom. The number of hydrogen-bond donors (Lipinski definition) is 1. The molecule has 0 amide bonds. The fourth-order valence-corrected chi connectivity index (χ4v) is 2.37. The summed E-state index contributed by atoms with van der Waals surface area (Å²) in [5.41, 5.74) is 6.19. The summed E-state index contributed by atoms with van der Waals surface area (Å²) in [6.07, 6.45) is 0. The molecule has 0 saturated carbocycles. The molecule has 0 aliphatic carbocycles. The van der Waals surface area contributed by atoms with Gasteiger partial charge in [0, 0.05) is 4.47 Å². The van der Waals surface area contributed by atoms with E-state index in [9.17, 15) is 4.39 Å². The lowest BCUT2D eigenvalue weighted by Gasteiger charge is -2.10. The molecule has 1 unspecified atom stereocenters. The number of rotatable bonds is 2. The highest BCUT2D eigenvalue weighted by molar-refractivity contribution is 9.10. The van der Waals surface area contributed by atoms with Gasteiger partial charge in [-0.25, -0.2) is 4.39 Å². The molecular weight excluding hydrogens is 312 g/mol. The average molecular weight is 321 g/mol. The third-order valence-corrected chi connectivity index (χ3v) is 2.99. The molecule has 2 aromatic rings. The smallest absolute Gasteiger partial charge is 0.173 e. The number of benzene rings is 1. The zero-order valence-electron chi connectivity index (χ0n) is 8.73. The average Bonchev–Trinajstić information content (AvgIpc) is 2.64. The molecule has 8 heteroatoms. The van der Waals surface area contributed by atoms with E-state index >= 15 is 0 Å². The normalized spacial score (nSPS) is 12.8. The van der Waals surface area contributed by atoms with E-state index in [1.54, 1.807) is 6.92 Å². The van der Waals surface area contributed by atoms with E-state index in [2.05, 4.69) is 31.5 Å². The van der Waals surface area contributed by atoms with Gasteiger partial charge in [0.05, 0.1) is 11.1 Å². The molecule has 0 bridgehead atoms. The summed E-state index contributed by atoms with van der Waals surface area (Å²) in [7, 11) is 0. The molecular formula is C9H8BrClFN5. The molecule has 0 spiro atoms. The third kappa shape index (κ3) is 2.31. The molecule has 0 aliphatic heterocycles. The van der Waals surface area contributed by atoms with Crippen LogP contribution in [0, 0.1) is 5.82 Å². The Morgan fingerprint density at radius 3 is 2.82 bits per heavy atom. The Labute approximate surface area is 110 Å². The van der Waals surface area contributed by atoms with Gasteiger partial charge in [-0.05, 0) is 45.4 Å². The fraction of sp³-hybridized carbons (Fsp3) is 0.222. The van der Waals surface area contributed by atoms with Crippen LogP contribution in [0.15, 0.2) is 16.6 Å². The first-order valence-corrected chi connectivity index (χ1v) is 5.86. The van der Waals surface area contributed by atoms with Crippen molar-refractivity contribution in [1.29, 1.82) is 0 Å². The zero-order valence-corrected chi connectivity index (χ0v) is 11.1. The molecule has 2 rings (SSSR count). The Bertz CT molecular complexity index is 533. The Kier molecular flexibility index (Phi) is 3.41. The molecule has 5 nitrogen and oxygen atoms in total. The van der Waals surface area contributed by atoms with Crippen LogP contribution >= 0.6 is 27.5 Å². The van der Waals surface area contributed by atoms with Crippen molar-refractivity contribution in [2.75, 3.05) is 0 Å². The minimum absolute atomic E-state index is 0.200. The quantitative estimate of drug-likeness (QED) is 0.921. The minimum atomic E-state index is -0.443. The molecule has 0 fully saturated rings. The summed E-state index contributed by atoms with van der Waals surface area (Å²) in [4.78, 5) is 0. The topological polar surface area (TPSA) is 69.6 Å². The van der Waals surface area contributed by atoms with Gasteiger partial charge in [-0.2, -0.15) is 4.68 Å². The van der Waals surface area contributed by atoms with Gasteiger partial charge in [0.15, 0.2) is 5.82 Å². The van der Waals surface area contributed by atoms with Crippen molar-refractivity contribution in [2.24, 2.45) is 5.73 Å². The second-order valence-electron chi connectivity index (χ2n) is 3.46. The van der Waals surface area contributed by atoms with Gasteiger partial charge in [-0.1, -0.05) is 11.6 Å². The molecule has 1 atom stereocenters. The minimum Gasteiger partial charge on any atom is -0.321 e. The van der Waals surface area contributed by atoms with Crippen LogP contribution in [-0.4, -0.2) is 20.2 Å². The number of hydrogen-bond acceptors (Lipinski definition) is 4. The van der Waals surface area contributed by atoms with Crippen LogP contribution < -0.4 is 5.73 Å². The first-order chi connectivity index (χ1) is 8.00. The molecule has 1 aromatic heterocycles. The van der Waals surface area contributed by atoms with E-state index in [-0.39, 0.29) is 11.1 Å². The third-order valence-electron chi connectivity index (χ3n) is 2.09. The van der Waals surface area contributed by atoms with E-state index in [4.69, 9.17) is 17.3 Å². The summed E-state index contributed by atoms with van der Waals surface area (Å²) in [6.45, 7) is 1.74.